The minimum Gasteiger partial charge on any atom is -0.396 e. The fourth-order valence-corrected chi connectivity index (χ4v) is 1.77. The number of hydrogen-bond acceptors (Lipinski definition) is 2. The molecule has 0 unspecified atom stereocenters. The number of aliphatic hydroxyl groups excluding tert-OH is 1. The average Bonchev–Trinajstić information content (AvgIpc) is 2.34. The van der Waals surface area contributed by atoms with Gasteiger partial charge in [0, 0.05) is 12.6 Å². The maximum absolute atomic E-state index is 8.64. The van der Waals surface area contributed by atoms with Crippen molar-refractivity contribution in [2.24, 2.45) is 0 Å². The summed E-state index contributed by atoms with van der Waals surface area (Å²) in [5.74, 6) is 0. The SMILES string of the molecule is C[C@H](NCCCCCCO)c1ccccc1. The summed E-state index contributed by atoms with van der Waals surface area (Å²) in [5.41, 5.74) is 1.35. The molecule has 0 heterocycles. The number of rotatable bonds is 8. The lowest BCUT2D eigenvalue weighted by Crippen LogP contribution is -2.19. The van der Waals surface area contributed by atoms with E-state index in [1.165, 1.54) is 18.4 Å². The molecule has 2 heteroatoms. The fraction of sp³-hybridized carbons (Fsp3) is 0.571. The van der Waals surface area contributed by atoms with E-state index in [2.05, 4.69) is 36.5 Å². The van der Waals surface area contributed by atoms with Gasteiger partial charge in [-0.1, -0.05) is 43.2 Å². The molecule has 0 radical (unpaired) electrons. The molecule has 0 aliphatic carbocycles. The summed E-state index contributed by atoms with van der Waals surface area (Å²) >= 11 is 0. The Hall–Kier alpha value is -0.860. The topological polar surface area (TPSA) is 32.3 Å². The van der Waals surface area contributed by atoms with Gasteiger partial charge < -0.3 is 10.4 Å². The lowest BCUT2D eigenvalue weighted by atomic mass is 10.1. The van der Waals surface area contributed by atoms with Crippen LogP contribution in [0.5, 0.6) is 0 Å². The summed E-state index contributed by atoms with van der Waals surface area (Å²) in [5, 5.41) is 12.2. The number of nitrogens with one attached hydrogen (secondary N) is 1. The first-order valence-electron chi connectivity index (χ1n) is 6.24. The van der Waals surface area contributed by atoms with Gasteiger partial charge in [0.25, 0.3) is 0 Å². The highest BCUT2D eigenvalue weighted by molar-refractivity contribution is 5.17. The molecule has 1 aromatic carbocycles. The molecule has 2 nitrogen and oxygen atoms in total. The van der Waals surface area contributed by atoms with Crippen LogP contribution < -0.4 is 5.32 Å². The van der Waals surface area contributed by atoms with E-state index in [0.717, 1.165) is 19.4 Å². The molecule has 0 spiro atoms. The highest BCUT2D eigenvalue weighted by atomic mass is 16.2. The molecule has 0 saturated carbocycles. The van der Waals surface area contributed by atoms with Gasteiger partial charge in [0.15, 0.2) is 0 Å². The summed E-state index contributed by atoms with van der Waals surface area (Å²) in [7, 11) is 0. The van der Waals surface area contributed by atoms with Gasteiger partial charge in [0.2, 0.25) is 0 Å². The Bertz CT molecular complexity index is 261. The molecule has 2 N–H and O–H groups in total. The minimum absolute atomic E-state index is 0.327. The molecule has 16 heavy (non-hydrogen) atoms. The van der Waals surface area contributed by atoms with Gasteiger partial charge in [-0.2, -0.15) is 0 Å². The molecule has 0 amide bonds. The minimum atomic E-state index is 0.327. The third-order valence-electron chi connectivity index (χ3n) is 2.83. The van der Waals surface area contributed by atoms with Crippen LogP contribution in [0.1, 0.15) is 44.2 Å². The van der Waals surface area contributed by atoms with Gasteiger partial charge in [0.05, 0.1) is 0 Å². The highest BCUT2D eigenvalue weighted by Gasteiger charge is 2.02. The molecule has 1 aromatic rings. The summed E-state index contributed by atoms with van der Waals surface area (Å²) < 4.78 is 0. The smallest absolute Gasteiger partial charge is 0.0431 e. The van der Waals surface area contributed by atoms with Gasteiger partial charge in [-0.15, -0.1) is 0 Å². The van der Waals surface area contributed by atoms with E-state index in [-0.39, 0.29) is 0 Å². The zero-order valence-electron chi connectivity index (χ0n) is 10.2. The van der Waals surface area contributed by atoms with Crippen LogP contribution in [0.25, 0.3) is 0 Å². The van der Waals surface area contributed by atoms with Gasteiger partial charge in [-0.25, -0.2) is 0 Å². The summed E-state index contributed by atoms with van der Waals surface area (Å²) in [6, 6.07) is 10.9. The fourth-order valence-electron chi connectivity index (χ4n) is 1.77. The third kappa shape index (κ3) is 5.29. The molecule has 0 aliphatic heterocycles. The number of unbranched alkanes of at least 4 members (excludes halogenated alkanes) is 3. The molecule has 1 atom stereocenters. The monoisotopic (exact) mass is 221 g/mol. The molecule has 0 bridgehead atoms. The summed E-state index contributed by atoms with van der Waals surface area (Å²) in [6.45, 7) is 3.58. The van der Waals surface area contributed by atoms with Crippen LogP contribution in [0.15, 0.2) is 30.3 Å². The van der Waals surface area contributed by atoms with Crippen molar-refractivity contribution >= 4 is 0 Å². The molecule has 0 saturated heterocycles. The van der Waals surface area contributed by atoms with Crippen LogP contribution in [0, 0.1) is 0 Å². The highest BCUT2D eigenvalue weighted by Crippen LogP contribution is 2.11. The number of aliphatic hydroxyl groups is 1. The van der Waals surface area contributed by atoms with Crippen molar-refractivity contribution in [3.8, 4) is 0 Å². The first-order valence-corrected chi connectivity index (χ1v) is 6.24. The Labute approximate surface area is 98.7 Å². The average molecular weight is 221 g/mol. The summed E-state index contributed by atoms with van der Waals surface area (Å²) in [4.78, 5) is 0. The van der Waals surface area contributed by atoms with E-state index in [9.17, 15) is 0 Å². The lowest BCUT2D eigenvalue weighted by molar-refractivity contribution is 0.282. The standard InChI is InChI=1S/C14H23NO/c1-13(14-9-5-4-6-10-14)15-11-7-2-3-8-12-16/h4-6,9-10,13,15-16H,2-3,7-8,11-12H2,1H3/t13-/m0/s1. The zero-order valence-corrected chi connectivity index (χ0v) is 10.2. The largest absolute Gasteiger partial charge is 0.396 e. The van der Waals surface area contributed by atoms with Crippen LogP contribution in [0.4, 0.5) is 0 Å². The zero-order chi connectivity index (χ0) is 11.6. The first-order chi connectivity index (χ1) is 7.84. The normalized spacial score (nSPS) is 12.6. The number of hydrogen-bond donors (Lipinski definition) is 2. The van der Waals surface area contributed by atoms with Crippen molar-refractivity contribution in [3.05, 3.63) is 35.9 Å². The van der Waals surface area contributed by atoms with E-state index in [4.69, 9.17) is 5.11 Å². The maximum Gasteiger partial charge on any atom is 0.0431 e. The molecule has 90 valence electrons. The van der Waals surface area contributed by atoms with Gasteiger partial charge in [0.1, 0.15) is 0 Å². The second kappa shape index (κ2) is 8.31. The Kier molecular flexibility index (Phi) is 6.86. The second-order valence-electron chi connectivity index (χ2n) is 4.22. The van der Waals surface area contributed by atoms with Crippen molar-refractivity contribution in [1.82, 2.24) is 5.32 Å². The third-order valence-corrected chi connectivity index (χ3v) is 2.83. The van der Waals surface area contributed by atoms with E-state index in [1.807, 2.05) is 6.07 Å². The molecule has 0 aliphatic rings. The molecule has 1 rings (SSSR count). The van der Waals surface area contributed by atoms with Crippen molar-refractivity contribution < 1.29 is 5.11 Å². The second-order valence-corrected chi connectivity index (χ2v) is 4.22. The predicted molar refractivity (Wildman–Crippen MR) is 68.4 cm³/mol. The van der Waals surface area contributed by atoms with Crippen LogP contribution in [-0.2, 0) is 0 Å². The first kappa shape index (κ1) is 13.2. The lowest BCUT2D eigenvalue weighted by Gasteiger charge is -2.13. The maximum atomic E-state index is 8.64. The molecule has 0 fully saturated rings. The Balaban J connectivity index is 2.09. The van der Waals surface area contributed by atoms with Crippen LogP contribution in [0.2, 0.25) is 0 Å². The van der Waals surface area contributed by atoms with E-state index in [1.54, 1.807) is 0 Å². The Morgan fingerprint density at radius 1 is 1.06 bits per heavy atom. The van der Waals surface area contributed by atoms with Crippen molar-refractivity contribution in [3.63, 3.8) is 0 Å². The molecular weight excluding hydrogens is 198 g/mol. The van der Waals surface area contributed by atoms with Gasteiger partial charge in [-0.05, 0) is 31.9 Å². The van der Waals surface area contributed by atoms with Crippen molar-refractivity contribution in [1.29, 1.82) is 0 Å². The van der Waals surface area contributed by atoms with Crippen molar-refractivity contribution in [2.45, 2.75) is 38.6 Å². The Morgan fingerprint density at radius 2 is 1.75 bits per heavy atom. The van der Waals surface area contributed by atoms with E-state index < -0.39 is 0 Å². The quantitative estimate of drug-likeness (QED) is 0.662. The molecule has 0 aromatic heterocycles. The Morgan fingerprint density at radius 3 is 2.44 bits per heavy atom. The van der Waals surface area contributed by atoms with Gasteiger partial charge in [-0.3, -0.25) is 0 Å². The van der Waals surface area contributed by atoms with Crippen LogP contribution in [-0.4, -0.2) is 18.3 Å². The predicted octanol–water partition coefficient (Wildman–Crippen LogP) is 2.89. The molecular formula is C14H23NO. The van der Waals surface area contributed by atoms with Crippen LogP contribution >= 0.6 is 0 Å². The van der Waals surface area contributed by atoms with E-state index in [0.29, 0.717) is 12.6 Å². The van der Waals surface area contributed by atoms with E-state index >= 15 is 0 Å². The number of benzene rings is 1. The van der Waals surface area contributed by atoms with Crippen LogP contribution in [0.3, 0.4) is 0 Å². The van der Waals surface area contributed by atoms with Crippen molar-refractivity contribution in [2.75, 3.05) is 13.2 Å². The summed E-state index contributed by atoms with van der Waals surface area (Å²) in [6.07, 6.45) is 4.47. The van der Waals surface area contributed by atoms with Gasteiger partial charge >= 0.3 is 0 Å².